The van der Waals surface area contributed by atoms with Gasteiger partial charge in [0.1, 0.15) is 5.75 Å². The van der Waals surface area contributed by atoms with Crippen molar-refractivity contribution in [2.24, 2.45) is 0 Å². The Kier molecular flexibility index (Phi) is 3.82. The third-order valence-corrected chi connectivity index (χ3v) is 2.05. The molecule has 0 amide bonds. The van der Waals surface area contributed by atoms with Gasteiger partial charge in [-0.3, -0.25) is 14.9 Å². The quantitative estimate of drug-likeness (QED) is 0.488. The van der Waals surface area contributed by atoms with E-state index in [1.165, 1.54) is 0 Å². The topological polar surface area (TPSA) is 89.7 Å². The van der Waals surface area contributed by atoms with Crippen LogP contribution in [0.2, 0.25) is 0 Å². The lowest BCUT2D eigenvalue weighted by molar-refractivity contribution is -0.385. The van der Waals surface area contributed by atoms with E-state index in [-0.39, 0.29) is 17.1 Å². The van der Waals surface area contributed by atoms with Crippen LogP contribution in [0, 0.1) is 10.1 Å². The fraction of sp³-hybridized carbons (Fsp3) is 0.300. The molecule has 0 radical (unpaired) electrons. The van der Waals surface area contributed by atoms with Crippen LogP contribution in [-0.2, 0) is 4.79 Å². The summed E-state index contributed by atoms with van der Waals surface area (Å²) in [4.78, 5) is 18.3. The molecule has 0 unspecified atom stereocenters. The summed E-state index contributed by atoms with van der Waals surface area (Å²) < 4.78 is 5.33. The highest BCUT2D eigenvalue weighted by Crippen LogP contribution is 2.50. The Hall–Kier alpha value is -2.11. The highest BCUT2D eigenvalue weighted by Gasteiger charge is 2.31. The van der Waals surface area contributed by atoms with Crippen LogP contribution in [0.4, 0.5) is 5.69 Å². The van der Waals surface area contributed by atoms with Gasteiger partial charge < -0.3 is 9.84 Å². The summed E-state index contributed by atoms with van der Waals surface area (Å²) >= 11 is 0. The van der Waals surface area contributed by atoms with E-state index in [1.54, 1.807) is 12.1 Å². The largest absolute Gasteiger partial charge is 0.493 e. The molecule has 0 saturated heterocycles. The molecule has 0 heterocycles. The maximum absolute atomic E-state index is 10.3. The van der Waals surface area contributed by atoms with Gasteiger partial charge in [0.05, 0.1) is 17.1 Å². The molecule has 0 fully saturated rings. The van der Waals surface area contributed by atoms with E-state index >= 15 is 0 Å². The lowest BCUT2D eigenvalue weighted by atomic mass is 9.89. The molecule has 0 aromatic rings. The van der Waals surface area contributed by atoms with Gasteiger partial charge in [0, 0.05) is 11.6 Å². The summed E-state index contributed by atoms with van der Waals surface area (Å²) in [6, 6.07) is 3.28. The number of carboxylic acid groups (broad SMARTS) is 1. The first-order chi connectivity index (χ1) is 7.65. The van der Waals surface area contributed by atoms with E-state index in [0.29, 0.717) is 6.61 Å². The Morgan fingerprint density at radius 3 is 2.50 bits per heavy atom. The van der Waals surface area contributed by atoms with Crippen molar-refractivity contribution in [3.05, 3.63) is 22.2 Å². The van der Waals surface area contributed by atoms with Crippen molar-refractivity contribution in [2.45, 2.75) is 13.3 Å². The fourth-order valence-corrected chi connectivity index (χ4v) is 1.32. The molecule has 6 nitrogen and oxygen atoms in total. The summed E-state index contributed by atoms with van der Waals surface area (Å²) in [5.41, 5.74) is 1.84. The minimum absolute atomic E-state index is 0.207. The average molecular weight is 225 g/mol. The minimum Gasteiger partial charge on any atom is -0.493 e. The number of hydrogen-bond donors (Lipinski definition) is 1. The molecule has 2 aliphatic carbocycles. The Balaban J connectivity index is 0.000000386. The third kappa shape index (κ3) is 2.10. The van der Waals surface area contributed by atoms with Gasteiger partial charge >= 0.3 is 0 Å². The molecule has 0 saturated carbocycles. The summed E-state index contributed by atoms with van der Waals surface area (Å²) in [6.45, 7) is 2.44. The molecule has 0 aromatic carbocycles. The second-order valence-electron chi connectivity index (χ2n) is 3.08. The molecule has 0 spiro atoms. The SMILES string of the molecule is CCCOc1cc2c([N+](=O)[O-])cc1-2.O=CO. The van der Waals surface area contributed by atoms with Gasteiger partial charge in [0.25, 0.3) is 12.2 Å². The van der Waals surface area contributed by atoms with Crippen LogP contribution in [0.15, 0.2) is 12.1 Å². The lowest BCUT2D eigenvalue weighted by Crippen LogP contribution is -2.06. The third-order valence-electron chi connectivity index (χ3n) is 2.05. The first-order valence-electron chi connectivity index (χ1n) is 4.69. The molecule has 0 aromatic heterocycles. The normalized spacial score (nSPS) is 9.81. The summed E-state index contributed by atoms with van der Waals surface area (Å²) in [5.74, 6) is 0.794. The molecule has 16 heavy (non-hydrogen) atoms. The zero-order chi connectivity index (χ0) is 12.1. The maximum Gasteiger partial charge on any atom is 0.290 e. The standard InChI is InChI=1S/C9H9NO3.CH2O2/c1-2-3-13-9-5-6-7(9)4-8(6)10(11)12;2-1-3/h4-5H,2-3H2,1H3;1H,(H,2,3). The number of rotatable bonds is 4. The zero-order valence-electron chi connectivity index (χ0n) is 8.67. The van der Waals surface area contributed by atoms with E-state index in [1.807, 2.05) is 6.92 Å². The number of hydrogen-bond acceptors (Lipinski definition) is 4. The van der Waals surface area contributed by atoms with Gasteiger partial charge in [-0.25, -0.2) is 0 Å². The predicted molar refractivity (Wildman–Crippen MR) is 56.6 cm³/mol. The van der Waals surface area contributed by atoms with Crippen LogP contribution >= 0.6 is 0 Å². The van der Waals surface area contributed by atoms with Gasteiger partial charge in [-0.15, -0.1) is 0 Å². The van der Waals surface area contributed by atoms with Crippen LogP contribution in [0.3, 0.4) is 0 Å². The predicted octanol–water partition coefficient (Wildman–Crippen LogP) is 2.06. The zero-order valence-corrected chi connectivity index (χ0v) is 8.67. The van der Waals surface area contributed by atoms with Crippen molar-refractivity contribution in [1.29, 1.82) is 0 Å². The molecular formula is C10H11NO5. The second kappa shape index (κ2) is 5.11. The van der Waals surface area contributed by atoms with Crippen molar-refractivity contribution in [3.8, 4) is 16.9 Å². The molecule has 0 bridgehead atoms. The van der Waals surface area contributed by atoms with Gasteiger partial charge in [-0.05, 0) is 12.5 Å². The minimum atomic E-state index is -0.369. The maximum atomic E-state index is 10.3. The lowest BCUT2D eigenvalue weighted by Gasteiger charge is -2.20. The van der Waals surface area contributed by atoms with Crippen LogP contribution in [0.25, 0.3) is 11.1 Å². The summed E-state index contributed by atoms with van der Waals surface area (Å²) in [7, 11) is 0. The Morgan fingerprint density at radius 2 is 2.12 bits per heavy atom. The first kappa shape index (κ1) is 12.0. The Labute approximate surface area is 91.6 Å². The van der Waals surface area contributed by atoms with Gasteiger partial charge in [0.15, 0.2) is 0 Å². The number of fused-ring (bicyclic) bond motifs is 1. The molecule has 0 aliphatic heterocycles. The van der Waals surface area contributed by atoms with Gasteiger partial charge in [-0.1, -0.05) is 6.92 Å². The van der Waals surface area contributed by atoms with Crippen molar-refractivity contribution >= 4 is 12.2 Å². The van der Waals surface area contributed by atoms with Gasteiger partial charge in [0.2, 0.25) is 0 Å². The van der Waals surface area contributed by atoms with Crippen LogP contribution in [0.5, 0.6) is 5.75 Å². The molecule has 2 rings (SSSR count). The van der Waals surface area contributed by atoms with Crippen molar-refractivity contribution in [2.75, 3.05) is 6.61 Å². The molecule has 6 heteroatoms. The molecular weight excluding hydrogens is 214 g/mol. The smallest absolute Gasteiger partial charge is 0.290 e. The monoisotopic (exact) mass is 225 g/mol. The number of ether oxygens (including phenoxy) is 1. The van der Waals surface area contributed by atoms with E-state index in [9.17, 15) is 10.1 Å². The average Bonchev–Trinajstić information content (AvgIpc) is 2.20. The highest BCUT2D eigenvalue weighted by atomic mass is 16.6. The molecule has 1 N–H and O–H groups in total. The number of nitro benzene ring substituents is 1. The second-order valence-corrected chi connectivity index (χ2v) is 3.08. The Morgan fingerprint density at radius 1 is 1.50 bits per heavy atom. The van der Waals surface area contributed by atoms with Crippen LogP contribution in [0.1, 0.15) is 13.3 Å². The van der Waals surface area contributed by atoms with E-state index in [0.717, 1.165) is 23.3 Å². The van der Waals surface area contributed by atoms with Gasteiger partial charge in [-0.2, -0.15) is 0 Å². The van der Waals surface area contributed by atoms with Crippen LogP contribution in [-0.4, -0.2) is 23.1 Å². The summed E-state index contributed by atoms with van der Waals surface area (Å²) in [5, 5.41) is 17.2. The molecule has 2 aliphatic rings. The number of carbonyl (C=O) groups is 1. The van der Waals surface area contributed by atoms with E-state index < -0.39 is 0 Å². The number of benzene rings is 1. The van der Waals surface area contributed by atoms with Crippen molar-refractivity contribution in [3.63, 3.8) is 0 Å². The highest BCUT2D eigenvalue weighted by molar-refractivity contribution is 5.94. The summed E-state index contributed by atoms with van der Waals surface area (Å²) in [6.07, 6.45) is 0.950. The fourth-order valence-electron chi connectivity index (χ4n) is 1.32. The first-order valence-corrected chi connectivity index (χ1v) is 4.69. The van der Waals surface area contributed by atoms with Crippen molar-refractivity contribution in [1.82, 2.24) is 0 Å². The van der Waals surface area contributed by atoms with Crippen LogP contribution < -0.4 is 4.74 Å². The Bertz CT molecular complexity index is 416. The molecule has 86 valence electrons. The van der Waals surface area contributed by atoms with E-state index in [2.05, 4.69) is 0 Å². The number of nitrogens with zero attached hydrogens (tertiary/aromatic N) is 1. The van der Waals surface area contributed by atoms with E-state index in [4.69, 9.17) is 14.6 Å². The van der Waals surface area contributed by atoms with Crippen molar-refractivity contribution < 1.29 is 19.6 Å². The number of nitro groups is 1. The molecule has 0 atom stereocenters.